The Morgan fingerprint density at radius 3 is 2.37 bits per heavy atom. The van der Waals surface area contributed by atoms with Crippen molar-refractivity contribution in [3.05, 3.63) is 51.9 Å². The van der Waals surface area contributed by atoms with Gasteiger partial charge in [-0.3, -0.25) is 9.59 Å². The van der Waals surface area contributed by atoms with E-state index in [-0.39, 0.29) is 13.0 Å². The van der Waals surface area contributed by atoms with E-state index in [4.69, 9.17) is 4.74 Å². The Labute approximate surface area is 162 Å². The lowest BCUT2D eigenvalue weighted by Crippen LogP contribution is -2.36. The molecule has 1 heterocycles. The largest absolute Gasteiger partial charge is 0.481 e. The van der Waals surface area contributed by atoms with Crippen molar-refractivity contribution in [3.63, 3.8) is 0 Å². The molecule has 0 radical (unpaired) electrons. The zero-order valence-corrected chi connectivity index (χ0v) is 16.6. The molecule has 2 N–H and O–H groups in total. The molecule has 1 aromatic carbocycles. The molecular weight excluding hydrogens is 366 g/mol. The van der Waals surface area contributed by atoms with E-state index in [0.29, 0.717) is 16.1 Å². The highest BCUT2D eigenvalue weighted by molar-refractivity contribution is 7.16. The number of esters is 1. The molecule has 0 bridgehead atoms. The Kier molecular flexibility index (Phi) is 6.38. The van der Waals surface area contributed by atoms with E-state index in [0.717, 1.165) is 10.4 Å². The van der Waals surface area contributed by atoms with Crippen LogP contribution in [0.25, 0.3) is 0 Å². The van der Waals surface area contributed by atoms with Crippen LogP contribution in [0.3, 0.4) is 0 Å². The van der Waals surface area contributed by atoms with E-state index in [9.17, 15) is 19.5 Å². The maximum atomic E-state index is 12.6. The number of nitrogens with one attached hydrogen (secondary N) is 1. The molecule has 0 saturated carbocycles. The van der Waals surface area contributed by atoms with E-state index in [1.54, 1.807) is 44.2 Å². The fourth-order valence-electron chi connectivity index (χ4n) is 2.76. The minimum atomic E-state index is -1.38. The number of hydrogen-bond donors (Lipinski definition) is 2. The maximum absolute atomic E-state index is 12.6. The maximum Gasteiger partial charge on any atom is 0.341 e. The van der Waals surface area contributed by atoms with Gasteiger partial charge in [-0.15, -0.1) is 11.3 Å². The summed E-state index contributed by atoms with van der Waals surface area (Å²) in [6.45, 7) is 7.10. The van der Waals surface area contributed by atoms with E-state index in [1.807, 2.05) is 6.92 Å². The number of benzene rings is 1. The van der Waals surface area contributed by atoms with Gasteiger partial charge in [-0.2, -0.15) is 0 Å². The Hall–Kier alpha value is -2.67. The number of amides is 1. The monoisotopic (exact) mass is 389 g/mol. The zero-order chi connectivity index (χ0) is 20.2. The summed E-state index contributed by atoms with van der Waals surface area (Å²) in [7, 11) is 0. The molecule has 0 aliphatic heterocycles. The number of anilines is 1. The number of aryl methyl sites for hydroxylation is 1. The average Bonchev–Trinajstić information content (AvgIpc) is 2.89. The second kappa shape index (κ2) is 8.35. The van der Waals surface area contributed by atoms with Gasteiger partial charge in [0.2, 0.25) is 5.91 Å². The third-order valence-corrected chi connectivity index (χ3v) is 5.64. The van der Waals surface area contributed by atoms with Crippen molar-refractivity contribution >= 4 is 34.2 Å². The topological polar surface area (TPSA) is 92.7 Å². The van der Waals surface area contributed by atoms with Crippen LogP contribution in [-0.2, 0) is 19.7 Å². The van der Waals surface area contributed by atoms with Crippen LogP contribution in [0, 0.1) is 13.8 Å². The standard InChI is InChI=1S/C20H23NO5S/c1-5-26-18(23)16-12(2)13(3)27-17(16)21-15(22)11-20(4,19(24)25)14-9-7-6-8-10-14/h6-10H,5,11H2,1-4H3,(H,21,22)(H,24,25). The predicted molar refractivity (Wildman–Crippen MR) is 104 cm³/mol. The number of aliphatic carboxylic acids is 1. The second-order valence-corrected chi connectivity index (χ2v) is 7.66. The van der Waals surface area contributed by atoms with Crippen LogP contribution >= 0.6 is 11.3 Å². The molecule has 1 amide bonds. The van der Waals surface area contributed by atoms with E-state index < -0.39 is 23.3 Å². The molecule has 6 nitrogen and oxygen atoms in total. The van der Waals surface area contributed by atoms with Gasteiger partial charge in [-0.1, -0.05) is 30.3 Å². The minimum absolute atomic E-state index is 0.228. The quantitative estimate of drug-likeness (QED) is 0.700. The van der Waals surface area contributed by atoms with Crippen LogP contribution < -0.4 is 5.32 Å². The van der Waals surface area contributed by atoms with Crippen LogP contribution in [0.15, 0.2) is 30.3 Å². The number of ether oxygens (including phenoxy) is 1. The predicted octanol–water partition coefficient (Wildman–Crippen LogP) is 3.91. The van der Waals surface area contributed by atoms with E-state index in [1.165, 1.54) is 18.3 Å². The molecule has 1 atom stereocenters. The highest BCUT2D eigenvalue weighted by Gasteiger charge is 2.38. The Balaban J connectivity index is 2.28. The summed E-state index contributed by atoms with van der Waals surface area (Å²) in [5.74, 6) is -2.07. The second-order valence-electron chi connectivity index (χ2n) is 6.44. The van der Waals surface area contributed by atoms with Gasteiger partial charge in [0.25, 0.3) is 0 Å². The average molecular weight is 389 g/mol. The van der Waals surface area contributed by atoms with Crippen LogP contribution in [0.1, 0.15) is 46.6 Å². The minimum Gasteiger partial charge on any atom is -0.481 e. The lowest BCUT2D eigenvalue weighted by Gasteiger charge is -2.24. The van der Waals surface area contributed by atoms with Crippen molar-refractivity contribution in [1.82, 2.24) is 0 Å². The summed E-state index contributed by atoms with van der Waals surface area (Å²) in [5, 5.41) is 12.8. The van der Waals surface area contributed by atoms with Crippen molar-refractivity contribution in [2.24, 2.45) is 0 Å². The summed E-state index contributed by atoms with van der Waals surface area (Å²) in [6.07, 6.45) is -0.259. The molecule has 0 aliphatic carbocycles. The smallest absolute Gasteiger partial charge is 0.341 e. The normalized spacial score (nSPS) is 12.9. The Morgan fingerprint density at radius 1 is 1.19 bits per heavy atom. The van der Waals surface area contributed by atoms with Gasteiger partial charge < -0.3 is 15.2 Å². The molecule has 2 aromatic rings. The first-order chi connectivity index (χ1) is 12.7. The van der Waals surface area contributed by atoms with Gasteiger partial charge in [-0.25, -0.2) is 4.79 Å². The molecular formula is C20H23NO5S. The fraction of sp³-hybridized carbons (Fsp3) is 0.350. The van der Waals surface area contributed by atoms with E-state index >= 15 is 0 Å². The number of thiophene rings is 1. The molecule has 0 saturated heterocycles. The van der Waals surface area contributed by atoms with Crippen LogP contribution in [0.4, 0.5) is 5.00 Å². The van der Waals surface area contributed by atoms with Crippen LogP contribution in [0.5, 0.6) is 0 Å². The van der Waals surface area contributed by atoms with Gasteiger partial charge in [0.05, 0.1) is 17.6 Å². The Morgan fingerprint density at radius 2 is 1.81 bits per heavy atom. The fourth-order valence-corrected chi connectivity index (χ4v) is 3.83. The number of hydrogen-bond acceptors (Lipinski definition) is 5. The summed E-state index contributed by atoms with van der Waals surface area (Å²) >= 11 is 1.27. The molecule has 1 aromatic heterocycles. The molecule has 0 spiro atoms. The van der Waals surface area contributed by atoms with E-state index in [2.05, 4.69) is 5.32 Å². The van der Waals surface area contributed by atoms with Gasteiger partial charge >= 0.3 is 11.9 Å². The first kappa shape index (κ1) is 20.6. The van der Waals surface area contributed by atoms with Gasteiger partial charge in [0.15, 0.2) is 0 Å². The Bertz CT molecular complexity index is 859. The van der Waals surface area contributed by atoms with Crippen LogP contribution in [0.2, 0.25) is 0 Å². The van der Waals surface area contributed by atoms with Crippen LogP contribution in [-0.4, -0.2) is 29.6 Å². The highest BCUT2D eigenvalue weighted by atomic mass is 32.1. The summed E-state index contributed by atoms with van der Waals surface area (Å²) < 4.78 is 5.08. The van der Waals surface area contributed by atoms with Gasteiger partial charge in [-0.05, 0) is 38.8 Å². The van der Waals surface area contributed by atoms with Crippen molar-refractivity contribution in [3.8, 4) is 0 Å². The molecule has 27 heavy (non-hydrogen) atoms. The SMILES string of the molecule is CCOC(=O)c1c(NC(=O)CC(C)(C(=O)O)c2ccccc2)sc(C)c1C. The highest BCUT2D eigenvalue weighted by Crippen LogP contribution is 2.34. The zero-order valence-electron chi connectivity index (χ0n) is 15.8. The lowest BCUT2D eigenvalue weighted by atomic mass is 9.79. The third-order valence-electron chi connectivity index (χ3n) is 4.51. The van der Waals surface area contributed by atoms with Crippen molar-refractivity contribution < 1.29 is 24.2 Å². The summed E-state index contributed by atoms with van der Waals surface area (Å²) in [4.78, 5) is 37.6. The first-order valence-corrected chi connectivity index (χ1v) is 9.38. The molecule has 1 unspecified atom stereocenters. The number of carboxylic acid groups (broad SMARTS) is 1. The molecule has 7 heteroatoms. The third kappa shape index (κ3) is 4.36. The number of carboxylic acids is 1. The first-order valence-electron chi connectivity index (χ1n) is 8.56. The van der Waals surface area contributed by atoms with Crippen molar-refractivity contribution in [2.75, 3.05) is 11.9 Å². The number of carbonyl (C=O) groups is 3. The summed E-state index contributed by atoms with van der Waals surface area (Å²) in [5.41, 5.74) is 0.232. The lowest BCUT2D eigenvalue weighted by molar-refractivity contribution is -0.145. The molecule has 0 fully saturated rings. The molecule has 0 aliphatic rings. The molecule has 144 valence electrons. The van der Waals surface area contributed by atoms with Gasteiger partial charge in [0.1, 0.15) is 5.00 Å². The van der Waals surface area contributed by atoms with Crippen molar-refractivity contribution in [2.45, 2.75) is 39.5 Å². The summed E-state index contributed by atoms with van der Waals surface area (Å²) in [6, 6.07) is 8.63. The van der Waals surface area contributed by atoms with Gasteiger partial charge in [0, 0.05) is 11.3 Å². The number of carbonyl (C=O) groups excluding carboxylic acids is 2. The number of rotatable bonds is 7. The molecule has 2 rings (SSSR count). The van der Waals surface area contributed by atoms with Crippen molar-refractivity contribution in [1.29, 1.82) is 0 Å².